The second kappa shape index (κ2) is 15.7. The quantitative estimate of drug-likeness (QED) is 0.150. The van der Waals surface area contributed by atoms with E-state index in [1.54, 1.807) is 37.3 Å². The minimum Gasteiger partial charge on any atom is -0.354 e. The fourth-order valence-electron chi connectivity index (χ4n) is 4.96. The Kier molecular flexibility index (Phi) is 11.9. The molecule has 0 bridgehead atoms. The third kappa shape index (κ3) is 9.13. The smallest absolute Gasteiger partial charge is 0.354 e. The van der Waals surface area contributed by atoms with Crippen LogP contribution in [0.25, 0.3) is 0 Å². The van der Waals surface area contributed by atoms with Gasteiger partial charge in [0.2, 0.25) is 11.8 Å². The van der Waals surface area contributed by atoms with Crippen LogP contribution in [-0.2, 0) is 38.8 Å². The SMILES string of the molecule is CCCNC(=O)[C@H](Cc1ccccc1)N(Cc1ccc(F)cc1)C(=O)CN(c1ccc(Cl)c(C(F)(F)F)c1)S(=O)(=O)c1ccc(C)cc1. The highest BCUT2D eigenvalue weighted by molar-refractivity contribution is 7.92. The first kappa shape index (κ1) is 36.4. The summed E-state index contributed by atoms with van der Waals surface area (Å²) in [5.41, 5.74) is 0.113. The number of sulfonamides is 1. The minimum atomic E-state index is -4.93. The van der Waals surface area contributed by atoms with Crippen molar-refractivity contribution < 1.29 is 35.6 Å². The number of anilines is 1. The number of aryl methyl sites for hydroxylation is 1. The Bertz CT molecular complexity index is 1820. The van der Waals surface area contributed by atoms with Gasteiger partial charge >= 0.3 is 6.18 Å². The third-order valence-electron chi connectivity index (χ3n) is 7.52. The van der Waals surface area contributed by atoms with Crippen molar-refractivity contribution in [1.82, 2.24) is 10.2 Å². The Morgan fingerprint density at radius 3 is 2.15 bits per heavy atom. The molecule has 0 aliphatic carbocycles. The topological polar surface area (TPSA) is 86.8 Å². The van der Waals surface area contributed by atoms with Crippen molar-refractivity contribution in [2.75, 3.05) is 17.4 Å². The molecule has 0 heterocycles. The van der Waals surface area contributed by atoms with Gasteiger partial charge in [-0.2, -0.15) is 13.2 Å². The van der Waals surface area contributed by atoms with Crippen molar-refractivity contribution in [3.8, 4) is 0 Å². The van der Waals surface area contributed by atoms with Crippen LogP contribution >= 0.6 is 11.6 Å². The Morgan fingerprint density at radius 1 is 0.896 bits per heavy atom. The molecule has 4 aromatic carbocycles. The maximum atomic E-state index is 14.4. The summed E-state index contributed by atoms with van der Waals surface area (Å²) in [5, 5.41) is 2.14. The van der Waals surface area contributed by atoms with Gasteiger partial charge in [0.15, 0.2) is 0 Å². The molecule has 0 aliphatic rings. The number of amides is 2. The van der Waals surface area contributed by atoms with Gasteiger partial charge in [0.25, 0.3) is 10.0 Å². The fourth-order valence-corrected chi connectivity index (χ4v) is 6.59. The predicted molar refractivity (Wildman–Crippen MR) is 176 cm³/mol. The van der Waals surface area contributed by atoms with E-state index in [1.807, 2.05) is 6.92 Å². The summed E-state index contributed by atoms with van der Waals surface area (Å²) in [6.45, 7) is 2.67. The summed E-state index contributed by atoms with van der Waals surface area (Å²) in [6.07, 6.45) is -4.30. The molecule has 0 radical (unpaired) electrons. The molecule has 254 valence electrons. The summed E-state index contributed by atoms with van der Waals surface area (Å²) in [6, 6.07) is 21.1. The molecular formula is C35H34ClF4N3O4S. The Balaban J connectivity index is 1.85. The molecule has 4 rings (SSSR count). The molecule has 0 saturated carbocycles. The lowest BCUT2D eigenvalue weighted by molar-refractivity contribution is -0.140. The number of halogens is 5. The number of hydrogen-bond donors (Lipinski definition) is 1. The molecule has 0 unspecified atom stereocenters. The van der Waals surface area contributed by atoms with E-state index in [2.05, 4.69) is 5.32 Å². The van der Waals surface area contributed by atoms with Gasteiger partial charge in [0.1, 0.15) is 18.4 Å². The lowest BCUT2D eigenvalue weighted by Crippen LogP contribution is -2.53. The molecule has 13 heteroatoms. The Hall–Kier alpha value is -4.42. The summed E-state index contributed by atoms with van der Waals surface area (Å²) in [4.78, 5) is 29.0. The van der Waals surface area contributed by atoms with E-state index >= 15 is 0 Å². The van der Waals surface area contributed by atoms with Crippen molar-refractivity contribution in [1.29, 1.82) is 0 Å². The molecule has 48 heavy (non-hydrogen) atoms. The molecular weight excluding hydrogens is 670 g/mol. The first-order valence-electron chi connectivity index (χ1n) is 15.0. The van der Waals surface area contributed by atoms with E-state index in [0.717, 1.165) is 17.7 Å². The minimum absolute atomic E-state index is 0.0349. The van der Waals surface area contributed by atoms with Gasteiger partial charge < -0.3 is 10.2 Å². The summed E-state index contributed by atoms with van der Waals surface area (Å²) >= 11 is 5.85. The van der Waals surface area contributed by atoms with Gasteiger partial charge in [-0.3, -0.25) is 13.9 Å². The van der Waals surface area contributed by atoms with Crippen LogP contribution in [0.3, 0.4) is 0 Å². The molecule has 0 saturated heterocycles. The van der Waals surface area contributed by atoms with Crippen LogP contribution in [0.5, 0.6) is 0 Å². The normalized spacial score (nSPS) is 12.3. The average Bonchev–Trinajstić information content (AvgIpc) is 3.05. The molecule has 7 nitrogen and oxygen atoms in total. The molecule has 1 N–H and O–H groups in total. The highest BCUT2D eigenvalue weighted by atomic mass is 35.5. The Labute approximate surface area is 282 Å². The van der Waals surface area contributed by atoms with Gasteiger partial charge in [0, 0.05) is 19.5 Å². The van der Waals surface area contributed by atoms with E-state index in [1.165, 1.54) is 53.4 Å². The molecule has 2 amide bonds. The zero-order valence-corrected chi connectivity index (χ0v) is 27.7. The van der Waals surface area contributed by atoms with Gasteiger partial charge in [-0.1, -0.05) is 78.7 Å². The second-order valence-electron chi connectivity index (χ2n) is 11.1. The lowest BCUT2D eigenvalue weighted by Gasteiger charge is -2.34. The largest absolute Gasteiger partial charge is 0.417 e. The highest BCUT2D eigenvalue weighted by Gasteiger charge is 2.37. The van der Waals surface area contributed by atoms with E-state index < -0.39 is 62.7 Å². The van der Waals surface area contributed by atoms with E-state index in [0.29, 0.717) is 34.5 Å². The van der Waals surface area contributed by atoms with Crippen LogP contribution in [0, 0.1) is 12.7 Å². The van der Waals surface area contributed by atoms with Crippen LogP contribution in [0.4, 0.5) is 23.2 Å². The predicted octanol–water partition coefficient (Wildman–Crippen LogP) is 7.17. The van der Waals surface area contributed by atoms with E-state index in [-0.39, 0.29) is 17.9 Å². The van der Waals surface area contributed by atoms with Gasteiger partial charge in [-0.15, -0.1) is 0 Å². The van der Waals surface area contributed by atoms with Crippen LogP contribution in [0.2, 0.25) is 5.02 Å². The monoisotopic (exact) mass is 703 g/mol. The van der Waals surface area contributed by atoms with Crippen LogP contribution < -0.4 is 9.62 Å². The van der Waals surface area contributed by atoms with Gasteiger partial charge in [-0.25, -0.2) is 12.8 Å². The number of nitrogens with zero attached hydrogens (tertiary/aromatic N) is 2. The number of nitrogens with one attached hydrogen (secondary N) is 1. The maximum absolute atomic E-state index is 14.4. The third-order valence-corrected chi connectivity index (χ3v) is 9.64. The average molecular weight is 704 g/mol. The first-order valence-corrected chi connectivity index (χ1v) is 16.8. The molecule has 0 fully saturated rings. The molecule has 0 aromatic heterocycles. The van der Waals surface area contributed by atoms with E-state index in [4.69, 9.17) is 11.6 Å². The van der Waals surface area contributed by atoms with Gasteiger partial charge in [-0.05, 0) is 66.9 Å². The zero-order chi connectivity index (χ0) is 35.1. The van der Waals surface area contributed by atoms with Crippen molar-refractivity contribution in [2.24, 2.45) is 0 Å². The van der Waals surface area contributed by atoms with Crippen LogP contribution in [0.15, 0.2) is 102 Å². The van der Waals surface area contributed by atoms with Crippen molar-refractivity contribution >= 4 is 39.1 Å². The number of alkyl halides is 3. The highest BCUT2D eigenvalue weighted by Crippen LogP contribution is 2.38. The van der Waals surface area contributed by atoms with Gasteiger partial charge in [0.05, 0.1) is 21.2 Å². The van der Waals surface area contributed by atoms with Crippen LogP contribution in [0.1, 0.15) is 35.6 Å². The molecule has 0 spiro atoms. The number of benzene rings is 4. The fraction of sp³-hybridized carbons (Fsp3) is 0.257. The van der Waals surface area contributed by atoms with Crippen molar-refractivity contribution in [2.45, 2.75) is 50.3 Å². The second-order valence-corrected chi connectivity index (χ2v) is 13.4. The lowest BCUT2D eigenvalue weighted by atomic mass is 10.0. The summed E-state index contributed by atoms with van der Waals surface area (Å²) in [7, 11) is -4.65. The first-order chi connectivity index (χ1) is 22.7. The summed E-state index contributed by atoms with van der Waals surface area (Å²) in [5.74, 6) is -1.93. The molecule has 0 aliphatic heterocycles. The number of rotatable bonds is 13. The number of carbonyl (C=O) groups excluding carboxylic acids is 2. The Morgan fingerprint density at radius 2 is 1.54 bits per heavy atom. The van der Waals surface area contributed by atoms with Crippen molar-refractivity contribution in [3.63, 3.8) is 0 Å². The maximum Gasteiger partial charge on any atom is 0.417 e. The molecule has 1 atom stereocenters. The zero-order valence-electron chi connectivity index (χ0n) is 26.2. The van der Waals surface area contributed by atoms with Crippen molar-refractivity contribution in [3.05, 3.63) is 130 Å². The van der Waals surface area contributed by atoms with E-state index in [9.17, 15) is 35.6 Å². The van der Waals surface area contributed by atoms with Crippen LogP contribution in [-0.4, -0.2) is 44.3 Å². The standard InChI is InChI=1S/C35H34ClF4N3O4S/c1-3-19-41-34(45)32(20-25-7-5-4-6-8-25)42(22-26-11-13-27(37)14-12-26)33(44)23-43(48(46,47)29-16-9-24(2)10-17-29)28-15-18-31(36)30(21-28)35(38,39)40/h4-18,21,32H,3,19-20,22-23H2,1-2H3,(H,41,45)/t32-/m0/s1. The number of carbonyl (C=O) groups is 2. The summed E-state index contributed by atoms with van der Waals surface area (Å²) < 4.78 is 84.4. The molecule has 4 aromatic rings. The number of hydrogen-bond acceptors (Lipinski definition) is 4.